The smallest absolute Gasteiger partial charge is 0.202 e. The number of quaternary nitrogens is 1. The fraction of sp³-hybridized carbons (Fsp3) is 0.435. The van der Waals surface area contributed by atoms with E-state index in [1.54, 1.807) is 17.5 Å². The van der Waals surface area contributed by atoms with Crippen LogP contribution in [0.5, 0.6) is 0 Å². The van der Waals surface area contributed by atoms with Crippen molar-refractivity contribution in [2.24, 2.45) is 10.7 Å². The number of piperidine rings is 1. The van der Waals surface area contributed by atoms with Crippen LogP contribution in [0.3, 0.4) is 0 Å². The van der Waals surface area contributed by atoms with E-state index in [-0.39, 0.29) is 16.5 Å². The second-order valence-corrected chi connectivity index (χ2v) is 9.12. The number of carbonyl (C=O) groups is 1. The molecular formula is C23H30ClN6O+. The second-order valence-electron chi connectivity index (χ2n) is 8.74. The summed E-state index contributed by atoms with van der Waals surface area (Å²) in [6, 6.07) is 5.84. The number of nitrogens with one attached hydrogen (secondary N) is 1. The Morgan fingerprint density at radius 2 is 2.06 bits per heavy atom. The van der Waals surface area contributed by atoms with Gasteiger partial charge in [0.15, 0.2) is 5.82 Å². The summed E-state index contributed by atoms with van der Waals surface area (Å²) in [6.45, 7) is 6.22. The lowest BCUT2D eigenvalue weighted by molar-refractivity contribution is -0.914. The van der Waals surface area contributed by atoms with Gasteiger partial charge < -0.3 is 15.5 Å². The lowest BCUT2D eigenvalue weighted by Crippen LogP contribution is -2.48. The zero-order chi connectivity index (χ0) is 22.0. The third-order valence-corrected chi connectivity index (χ3v) is 6.61. The van der Waals surface area contributed by atoms with Crippen molar-refractivity contribution in [2.75, 3.05) is 38.5 Å². The highest BCUT2D eigenvalue weighted by Gasteiger charge is 2.25. The van der Waals surface area contributed by atoms with Crippen molar-refractivity contribution >= 4 is 40.1 Å². The first-order valence-corrected chi connectivity index (χ1v) is 11.3. The topological polar surface area (TPSA) is 84.8 Å². The van der Waals surface area contributed by atoms with Crippen molar-refractivity contribution < 1.29 is 9.28 Å². The van der Waals surface area contributed by atoms with Gasteiger partial charge in [-0.05, 0) is 44.4 Å². The van der Waals surface area contributed by atoms with Gasteiger partial charge in [-0.15, -0.1) is 5.10 Å². The average molecular weight is 442 g/mol. The number of halogens is 1. The summed E-state index contributed by atoms with van der Waals surface area (Å²) in [5.74, 6) is 0.442. The molecule has 2 aromatic rings. The van der Waals surface area contributed by atoms with Crippen LogP contribution in [0.4, 0.5) is 11.5 Å². The van der Waals surface area contributed by atoms with Crippen LogP contribution in [0.15, 0.2) is 51.8 Å². The van der Waals surface area contributed by atoms with Gasteiger partial charge in [0.25, 0.3) is 0 Å². The number of hydrogen-bond donors (Lipinski definition) is 2. The van der Waals surface area contributed by atoms with E-state index in [1.807, 2.05) is 24.4 Å². The van der Waals surface area contributed by atoms with Crippen molar-refractivity contribution in [3.8, 4) is 0 Å². The number of pyridine rings is 1. The minimum atomic E-state index is -0.259. The minimum Gasteiger partial charge on any atom is -0.396 e. The standard InChI is InChI=1S/C23H29ClN6O/c1-16-15-17(20(25)19(24)22(16)31)27-21-18-9-4-5-11-29(18)28-23(21)26-10-8-14-30(2)12-6-3-7-13-30/h4-5,9,11,15H,3,6-8,10,12-14H2,1-2H3,(H2-,25,26,28,31)/p+1. The summed E-state index contributed by atoms with van der Waals surface area (Å²) in [5, 5.41) is 8.16. The molecular weight excluding hydrogens is 412 g/mol. The Kier molecular flexibility index (Phi) is 6.16. The van der Waals surface area contributed by atoms with Crippen LogP contribution in [-0.2, 0) is 4.79 Å². The van der Waals surface area contributed by atoms with Crippen molar-refractivity contribution in [2.45, 2.75) is 32.6 Å². The van der Waals surface area contributed by atoms with Gasteiger partial charge in [-0.2, -0.15) is 0 Å². The van der Waals surface area contributed by atoms with E-state index in [0.717, 1.165) is 29.5 Å². The van der Waals surface area contributed by atoms with Gasteiger partial charge in [0.05, 0.1) is 43.6 Å². The molecule has 3 heterocycles. The molecule has 1 aliphatic heterocycles. The number of carbonyl (C=O) groups excluding carboxylic acids is 1. The SMILES string of the molecule is CC1=CC(=Nc2c(NCCC[N+]3(C)CCCCC3)nn3ccccc23)C(N)=C(Cl)C1=O. The molecule has 0 spiro atoms. The Bertz CT molecular complexity index is 1090. The third kappa shape index (κ3) is 4.52. The van der Waals surface area contributed by atoms with Gasteiger partial charge in [0.1, 0.15) is 10.7 Å². The number of aromatic nitrogens is 2. The monoisotopic (exact) mass is 441 g/mol. The summed E-state index contributed by atoms with van der Waals surface area (Å²) < 4.78 is 2.95. The molecule has 0 unspecified atom stereocenters. The van der Waals surface area contributed by atoms with Crippen molar-refractivity contribution in [1.29, 1.82) is 0 Å². The summed E-state index contributed by atoms with van der Waals surface area (Å²) in [6.07, 6.45) is 8.64. The van der Waals surface area contributed by atoms with Crippen LogP contribution in [0.2, 0.25) is 0 Å². The Labute approximate surface area is 187 Å². The van der Waals surface area contributed by atoms with Crippen molar-refractivity contribution in [3.05, 3.63) is 46.8 Å². The van der Waals surface area contributed by atoms with Crippen LogP contribution < -0.4 is 11.1 Å². The maximum absolute atomic E-state index is 12.1. The van der Waals surface area contributed by atoms with Crippen LogP contribution in [0.1, 0.15) is 32.6 Å². The molecule has 4 rings (SSSR count). The highest BCUT2D eigenvalue weighted by molar-refractivity contribution is 6.49. The maximum atomic E-state index is 12.1. The van der Waals surface area contributed by atoms with E-state index >= 15 is 0 Å². The van der Waals surface area contributed by atoms with E-state index in [2.05, 4.69) is 17.5 Å². The summed E-state index contributed by atoms with van der Waals surface area (Å²) in [7, 11) is 2.36. The summed E-state index contributed by atoms with van der Waals surface area (Å²) in [5.41, 5.74) is 8.85. The zero-order valence-corrected chi connectivity index (χ0v) is 19.0. The number of rotatable bonds is 6. The molecule has 1 aliphatic carbocycles. The number of fused-ring (bicyclic) bond motifs is 1. The van der Waals surface area contributed by atoms with E-state index in [9.17, 15) is 4.79 Å². The zero-order valence-electron chi connectivity index (χ0n) is 18.2. The Morgan fingerprint density at radius 3 is 2.84 bits per heavy atom. The number of nitrogens with zero attached hydrogens (tertiary/aromatic N) is 4. The number of nitrogens with two attached hydrogens (primary N) is 1. The first-order valence-electron chi connectivity index (χ1n) is 10.9. The van der Waals surface area contributed by atoms with Gasteiger partial charge >= 0.3 is 0 Å². The number of Topliss-reactive ketones (excluding diaryl/α,β-unsaturated/α-hetero) is 1. The minimum absolute atomic E-state index is 0.0169. The molecule has 0 saturated carbocycles. The Balaban J connectivity index is 1.57. The van der Waals surface area contributed by atoms with Crippen LogP contribution in [0, 0.1) is 0 Å². The molecule has 31 heavy (non-hydrogen) atoms. The second kappa shape index (κ2) is 8.85. The molecule has 0 amide bonds. The first kappa shape index (κ1) is 21.6. The molecule has 3 N–H and O–H groups in total. The normalized spacial score (nSPS) is 20.4. The molecule has 8 heteroatoms. The fourth-order valence-corrected chi connectivity index (χ4v) is 4.60. The van der Waals surface area contributed by atoms with E-state index in [4.69, 9.17) is 22.3 Å². The Hall–Kier alpha value is -2.64. The number of likely N-dealkylation sites (tertiary alicyclic amines) is 1. The largest absolute Gasteiger partial charge is 0.396 e. The predicted molar refractivity (Wildman–Crippen MR) is 126 cm³/mol. The number of allylic oxidation sites excluding steroid dienone is 3. The lowest BCUT2D eigenvalue weighted by Gasteiger charge is -2.37. The molecule has 0 aromatic carbocycles. The van der Waals surface area contributed by atoms with Crippen molar-refractivity contribution in [3.63, 3.8) is 0 Å². The lowest BCUT2D eigenvalue weighted by atomic mass is 10.0. The van der Waals surface area contributed by atoms with Crippen LogP contribution in [-0.4, -0.2) is 58.8 Å². The summed E-state index contributed by atoms with van der Waals surface area (Å²) in [4.78, 5) is 16.8. The highest BCUT2D eigenvalue weighted by atomic mass is 35.5. The van der Waals surface area contributed by atoms with Crippen LogP contribution in [0.25, 0.3) is 5.52 Å². The molecule has 7 nitrogen and oxygen atoms in total. The molecule has 0 atom stereocenters. The highest BCUT2D eigenvalue weighted by Crippen LogP contribution is 2.32. The first-order chi connectivity index (χ1) is 14.9. The number of hydrogen-bond acceptors (Lipinski definition) is 5. The van der Waals surface area contributed by atoms with Gasteiger partial charge in [-0.3, -0.25) is 4.79 Å². The average Bonchev–Trinajstić information content (AvgIpc) is 3.11. The maximum Gasteiger partial charge on any atom is 0.202 e. The van der Waals surface area contributed by atoms with Gasteiger partial charge in [0.2, 0.25) is 5.78 Å². The predicted octanol–water partition coefficient (Wildman–Crippen LogP) is 3.78. The van der Waals surface area contributed by atoms with E-state index in [0.29, 0.717) is 22.8 Å². The van der Waals surface area contributed by atoms with Crippen molar-refractivity contribution in [1.82, 2.24) is 9.61 Å². The van der Waals surface area contributed by atoms with Gasteiger partial charge in [0, 0.05) is 24.7 Å². The molecule has 0 radical (unpaired) electrons. The fourth-order valence-electron chi connectivity index (χ4n) is 4.35. The quantitative estimate of drug-likeness (QED) is 0.406. The summed E-state index contributed by atoms with van der Waals surface area (Å²) >= 11 is 6.14. The number of anilines is 1. The number of aliphatic imine (C=N–C) groups is 1. The molecule has 164 valence electrons. The van der Waals surface area contributed by atoms with E-state index in [1.165, 1.54) is 32.4 Å². The molecule has 2 aromatic heterocycles. The van der Waals surface area contributed by atoms with Crippen LogP contribution >= 0.6 is 11.6 Å². The molecule has 1 saturated heterocycles. The molecule has 1 fully saturated rings. The third-order valence-electron chi connectivity index (χ3n) is 6.23. The molecule has 2 aliphatic rings. The van der Waals surface area contributed by atoms with E-state index < -0.39 is 0 Å². The van der Waals surface area contributed by atoms with Gasteiger partial charge in [-0.1, -0.05) is 17.7 Å². The molecule has 0 bridgehead atoms. The number of ketones is 1. The Morgan fingerprint density at radius 1 is 1.29 bits per heavy atom. The van der Waals surface area contributed by atoms with Gasteiger partial charge in [-0.25, -0.2) is 9.51 Å².